The first-order valence-electron chi connectivity index (χ1n) is 6.26. The largest absolute Gasteiger partial charge is 0.294 e. The van der Waals surface area contributed by atoms with E-state index >= 15 is 0 Å². The highest BCUT2D eigenvalue weighted by atomic mass is 32.2. The summed E-state index contributed by atoms with van der Waals surface area (Å²) in [5.41, 5.74) is 0.0107. The van der Waals surface area contributed by atoms with Crippen LogP contribution in [0.4, 0.5) is 8.78 Å². The summed E-state index contributed by atoms with van der Waals surface area (Å²) in [5.74, 6) is -1.18. The monoisotopic (exact) mass is 305 g/mol. The highest BCUT2D eigenvalue weighted by molar-refractivity contribution is 7.86. The molecule has 0 bridgehead atoms. The average Bonchev–Trinajstić information content (AvgIpc) is 2.37. The van der Waals surface area contributed by atoms with E-state index in [1.807, 2.05) is 4.90 Å². The fraction of sp³-hybridized carbons (Fsp3) is 0.500. The molecular formula is C12H17F2N3O2S. The Morgan fingerprint density at radius 1 is 1.15 bits per heavy atom. The summed E-state index contributed by atoms with van der Waals surface area (Å²) in [5, 5.41) is 5.05. The summed E-state index contributed by atoms with van der Waals surface area (Å²) in [4.78, 5) is 1.84. The molecule has 112 valence electrons. The lowest BCUT2D eigenvalue weighted by Gasteiger charge is -2.36. The molecule has 0 aliphatic carbocycles. The van der Waals surface area contributed by atoms with Crippen molar-refractivity contribution in [1.29, 1.82) is 0 Å². The van der Waals surface area contributed by atoms with Gasteiger partial charge in [-0.25, -0.2) is 13.9 Å². The van der Waals surface area contributed by atoms with Crippen molar-refractivity contribution in [3.63, 3.8) is 0 Å². The Morgan fingerprint density at radius 3 is 2.10 bits per heavy atom. The number of hydrogen-bond donors (Lipinski definition) is 1. The highest BCUT2D eigenvalue weighted by Gasteiger charge is 2.29. The second-order valence-electron chi connectivity index (χ2n) is 4.79. The van der Waals surface area contributed by atoms with Crippen LogP contribution in [0, 0.1) is 11.6 Å². The first-order chi connectivity index (χ1) is 9.30. The van der Waals surface area contributed by atoms with E-state index in [0.29, 0.717) is 13.1 Å². The molecule has 5 nitrogen and oxygen atoms in total. The summed E-state index contributed by atoms with van der Waals surface area (Å²) >= 11 is 0. The summed E-state index contributed by atoms with van der Waals surface area (Å²) < 4.78 is 51.0. The van der Waals surface area contributed by atoms with Crippen LogP contribution in [0.15, 0.2) is 18.2 Å². The molecule has 0 amide bonds. The number of hydrogen-bond acceptors (Lipinski definition) is 3. The van der Waals surface area contributed by atoms with Gasteiger partial charge in [0.05, 0.1) is 0 Å². The summed E-state index contributed by atoms with van der Waals surface area (Å²) in [7, 11) is -3.70. The van der Waals surface area contributed by atoms with Gasteiger partial charge in [0.2, 0.25) is 0 Å². The van der Waals surface area contributed by atoms with E-state index in [4.69, 9.17) is 5.14 Å². The van der Waals surface area contributed by atoms with E-state index < -0.39 is 27.9 Å². The quantitative estimate of drug-likeness (QED) is 0.900. The van der Waals surface area contributed by atoms with Crippen LogP contribution in [-0.2, 0) is 10.2 Å². The number of nitrogens with zero attached hydrogens (tertiary/aromatic N) is 2. The van der Waals surface area contributed by atoms with Gasteiger partial charge < -0.3 is 0 Å². The molecule has 0 spiro atoms. The normalized spacial score (nSPS) is 20.0. The van der Waals surface area contributed by atoms with E-state index in [1.165, 1.54) is 18.2 Å². The predicted molar refractivity (Wildman–Crippen MR) is 71.0 cm³/mol. The molecule has 0 saturated carbocycles. The van der Waals surface area contributed by atoms with Crippen molar-refractivity contribution < 1.29 is 17.2 Å². The van der Waals surface area contributed by atoms with Crippen molar-refractivity contribution in [2.45, 2.75) is 13.0 Å². The lowest BCUT2D eigenvalue weighted by atomic mass is 10.0. The van der Waals surface area contributed by atoms with Gasteiger partial charge in [-0.1, -0.05) is 6.07 Å². The minimum absolute atomic E-state index is 0.0107. The van der Waals surface area contributed by atoms with Gasteiger partial charge in [0.15, 0.2) is 0 Å². The molecule has 1 heterocycles. The molecule has 1 fully saturated rings. The van der Waals surface area contributed by atoms with E-state index in [0.717, 1.165) is 4.31 Å². The van der Waals surface area contributed by atoms with E-state index in [-0.39, 0.29) is 18.7 Å². The van der Waals surface area contributed by atoms with Crippen LogP contribution < -0.4 is 5.14 Å². The number of halogens is 2. The van der Waals surface area contributed by atoms with Crippen molar-refractivity contribution in [3.8, 4) is 0 Å². The van der Waals surface area contributed by atoms with Crippen molar-refractivity contribution in [3.05, 3.63) is 35.4 Å². The van der Waals surface area contributed by atoms with Gasteiger partial charge in [0.1, 0.15) is 11.6 Å². The third kappa shape index (κ3) is 3.14. The van der Waals surface area contributed by atoms with Crippen LogP contribution >= 0.6 is 0 Å². The van der Waals surface area contributed by atoms with Crippen molar-refractivity contribution >= 4 is 10.2 Å². The standard InChI is InChI=1S/C12H17F2N3O2S/c1-9(12-10(13)3-2-4-11(12)14)16-5-7-17(8-6-16)20(15,18)19/h2-4,9H,5-8H2,1H3,(H2,15,18,19)/t9-/m0/s1. The lowest BCUT2D eigenvalue weighted by Crippen LogP contribution is -2.51. The van der Waals surface area contributed by atoms with Gasteiger partial charge in [0, 0.05) is 37.8 Å². The first-order valence-corrected chi connectivity index (χ1v) is 7.77. The molecule has 1 aliphatic heterocycles. The molecule has 0 radical (unpaired) electrons. The molecule has 1 saturated heterocycles. The minimum Gasteiger partial charge on any atom is -0.294 e. The van der Waals surface area contributed by atoms with Gasteiger partial charge in [0.25, 0.3) is 10.2 Å². The number of nitrogens with two attached hydrogens (primary N) is 1. The van der Waals surface area contributed by atoms with Gasteiger partial charge in [-0.15, -0.1) is 0 Å². The number of piperazine rings is 1. The van der Waals surface area contributed by atoms with E-state index in [2.05, 4.69) is 0 Å². The Kier molecular flexibility index (Phi) is 4.38. The molecule has 2 rings (SSSR count). The summed E-state index contributed by atoms with van der Waals surface area (Å²) in [6, 6.07) is 3.30. The molecule has 0 unspecified atom stereocenters. The molecule has 2 N–H and O–H groups in total. The Labute approximate surface area is 117 Å². The fourth-order valence-corrected chi connectivity index (χ4v) is 3.11. The van der Waals surface area contributed by atoms with Crippen molar-refractivity contribution in [2.75, 3.05) is 26.2 Å². The zero-order chi connectivity index (χ0) is 14.9. The van der Waals surface area contributed by atoms with Crippen molar-refractivity contribution in [2.24, 2.45) is 5.14 Å². The molecule has 1 aromatic rings. The maximum absolute atomic E-state index is 13.7. The second-order valence-corrected chi connectivity index (χ2v) is 6.34. The first kappa shape index (κ1) is 15.3. The van der Waals surface area contributed by atoms with E-state index in [1.54, 1.807) is 6.92 Å². The van der Waals surface area contributed by atoms with Crippen LogP contribution in [0.1, 0.15) is 18.5 Å². The van der Waals surface area contributed by atoms with Crippen LogP contribution in [0.2, 0.25) is 0 Å². The maximum Gasteiger partial charge on any atom is 0.276 e. The zero-order valence-corrected chi connectivity index (χ0v) is 11.9. The van der Waals surface area contributed by atoms with Gasteiger partial charge in [-0.05, 0) is 19.1 Å². The van der Waals surface area contributed by atoms with Gasteiger partial charge in [-0.2, -0.15) is 12.7 Å². The topological polar surface area (TPSA) is 66.6 Å². The maximum atomic E-state index is 13.7. The Balaban J connectivity index is 2.11. The van der Waals surface area contributed by atoms with E-state index in [9.17, 15) is 17.2 Å². The zero-order valence-electron chi connectivity index (χ0n) is 11.1. The van der Waals surface area contributed by atoms with Crippen LogP contribution in [0.5, 0.6) is 0 Å². The van der Waals surface area contributed by atoms with Crippen LogP contribution in [-0.4, -0.2) is 43.8 Å². The Bertz CT molecular complexity index is 566. The highest BCUT2D eigenvalue weighted by Crippen LogP contribution is 2.26. The smallest absolute Gasteiger partial charge is 0.276 e. The SMILES string of the molecule is C[C@@H](c1c(F)cccc1F)N1CCN(S(N)(=O)=O)CC1. The molecule has 8 heteroatoms. The summed E-state index contributed by atoms with van der Waals surface area (Å²) in [6.45, 7) is 2.91. The van der Waals surface area contributed by atoms with Gasteiger partial charge in [-0.3, -0.25) is 4.90 Å². The van der Waals surface area contributed by atoms with Gasteiger partial charge >= 0.3 is 0 Å². The molecule has 1 aliphatic rings. The van der Waals surface area contributed by atoms with Crippen LogP contribution in [0.3, 0.4) is 0 Å². The minimum atomic E-state index is -3.70. The number of rotatable bonds is 3. The fourth-order valence-electron chi connectivity index (χ4n) is 2.44. The second kappa shape index (κ2) is 5.72. The Hall–Kier alpha value is -1.09. The lowest BCUT2D eigenvalue weighted by molar-refractivity contribution is 0.141. The molecule has 0 aromatic heterocycles. The third-order valence-electron chi connectivity index (χ3n) is 3.60. The Morgan fingerprint density at radius 2 is 1.65 bits per heavy atom. The van der Waals surface area contributed by atoms with Crippen LogP contribution in [0.25, 0.3) is 0 Å². The number of benzene rings is 1. The molecule has 1 atom stereocenters. The summed E-state index contributed by atoms with van der Waals surface area (Å²) in [6.07, 6.45) is 0. The predicted octanol–water partition coefficient (Wildman–Crippen LogP) is 0.847. The molecular weight excluding hydrogens is 288 g/mol. The molecule has 20 heavy (non-hydrogen) atoms. The average molecular weight is 305 g/mol. The van der Waals surface area contributed by atoms with Crippen molar-refractivity contribution in [1.82, 2.24) is 9.21 Å². The molecule has 1 aromatic carbocycles. The third-order valence-corrected chi connectivity index (χ3v) is 4.68.